The van der Waals surface area contributed by atoms with Crippen LogP contribution >= 0.6 is 0 Å². The fraction of sp³-hybridized carbons (Fsp3) is 0.0341. The predicted octanol–water partition coefficient (Wildman–Crippen LogP) is 22.6. The van der Waals surface area contributed by atoms with Gasteiger partial charge in [0, 0.05) is 76.2 Å². The Morgan fingerprint density at radius 3 is 1.42 bits per heavy atom. The highest BCUT2D eigenvalue weighted by atomic mass is 16.3. The van der Waals surface area contributed by atoms with Crippen LogP contribution in [0.5, 0.6) is 0 Å². The smallest absolute Gasteiger partial charge is 0.240 e. The Morgan fingerprint density at radius 2 is 0.719 bits per heavy atom. The molecule has 0 aliphatic heterocycles. The highest BCUT2D eigenvalue weighted by Gasteiger charge is 2.36. The van der Waals surface area contributed by atoms with Crippen molar-refractivity contribution in [1.82, 2.24) is 33.2 Å². The Labute approximate surface area is 550 Å². The van der Waals surface area contributed by atoms with Gasteiger partial charge in [0.2, 0.25) is 11.9 Å². The van der Waals surface area contributed by atoms with Gasteiger partial charge in [0.15, 0.2) is 5.82 Å². The van der Waals surface area contributed by atoms with Crippen LogP contribution in [0, 0.1) is 0 Å². The number of furan rings is 1. The summed E-state index contributed by atoms with van der Waals surface area (Å²) in [6, 6.07) is 108. The number of hydrogen-bond acceptors (Lipinski definition) is 4. The molecule has 6 aromatic heterocycles. The van der Waals surface area contributed by atoms with Crippen molar-refractivity contribution in [3.8, 4) is 68.0 Å². The zero-order valence-corrected chi connectivity index (χ0v) is 52.3. The molecular formula is C88H55N7O. The SMILES string of the molecule is CC1(C)c2ccccc2-c2cc3c4ccccc4n(-c4nc(-c5ccc6cc(-n7c8ccccc8c8ccc(-c9ccc%10c(c9)c9ccccc9n%10-c9ccccc9)cc87)ccc6c5)nc(-n5c6ccccc6c6cc(-c7ccc8oc9ccccc9c8c7)ccc65)n4)c3cc21. The Balaban J connectivity index is 0.732. The fourth-order valence-corrected chi connectivity index (χ4v) is 16.3. The summed E-state index contributed by atoms with van der Waals surface area (Å²) < 4.78 is 15.6. The molecular weight excluding hydrogens is 1170 g/mol. The summed E-state index contributed by atoms with van der Waals surface area (Å²) in [7, 11) is 0. The van der Waals surface area contributed by atoms with Crippen LogP contribution in [0.1, 0.15) is 25.0 Å². The summed E-state index contributed by atoms with van der Waals surface area (Å²) >= 11 is 0. The van der Waals surface area contributed by atoms with E-state index in [1.165, 1.54) is 60.4 Å². The van der Waals surface area contributed by atoms with Gasteiger partial charge in [-0.1, -0.05) is 196 Å². The highest BCUT2D eigenvalue weighted by Crippen LogP contribution is 2.51. The molecule has 1 aliphatic rings. The van der Waals surface area contributed by atoms with E-state index < -0.39 is 0 Å². The molecule has 0 fully saturated rings. The molecule has 0 N–H and O–H groups in total. The highest BCUT2D eigenvalue weighted by molar-refractivity contribution is 6.15. The lowest BCUT2D eigenvalue weighted by Gasteiger charge is -2.21. The summed E-state index contributed by atoms with van der Waals surface area (Å²) in [5.74, 6) is 1.64. The number of aromatic nitrogens is 7. The van der Waals surface area contributed by atoms with Crippen LogP contribution < -0.4 is 0 Å². The van der Waals surface area contributed by atoms with E-state index in [1.807, 2.05) is 12.1 Å². The monoisotopic (exact) mass is 1230 g/mol. The van der Waals surface area contributed by atoms with Gasteiger partial charge in [0.25, 0.3) is 0 Å². The quantitative estimate of drug-likeness (QED) is 0.159. The number of hydrogen-bond donors (Lipinski definition) is 0. The maximum Gasteiger partial charge on any atom is 0.240 e. The molecule has 0 bridgehead atoms. The second-order valence-corrected chi connectivity index (χ2v) is 26.3. The summed E-state index contributed by atoms with van der Waals surface area (Å²) in [5, 5.41) is 13.8. The van der Waals surface area contributed by atoms with E-state index in [2.05, 4.69) is 317 Å². The van der Waals surface area contributed by atoms with Crippen molar-refractivity contribution in [3.05, 3.63) is 308 Å². The van der Waals surface area contributed by atoms with Crippen molar-refractivity contribution < 1.29 is 4.42 Å². The second kappa shape index (κ2) is 19.7. The molecule has 96 heavy (non-hydrogen) atoms. The van der Waals surface area contributed by atoms with Gasteiger partial charge in [0.05, 0.1) is 44.1 Å². The molecule has 0 unspecified atom stereocenters. The maximum absolute atomic E-state index is 6.27. The van der Waals surface area contributed by atoms with Gasteiger partial charge in [-0.2, -0.15) is 15.0 Å². The third-order valence-electron chi connectivity index (χ3n) is 20.8. The van der Waals surface area contributed by atoms with E-state index in [4.69, 9.17) is 19.4 Å². The number of benzene rings is 14. The average Bonchev–Trinajstić information content (AvgIpc) is 1.57. The molecule has 14 aromatic carbocycles. The largest absolute Gasteiger partial charge is 0.456 e. The number of para-hydroxylation sites is 6. The van der Waals surface area contributed by atoms with Crippen LogP contribution in [0.15, 0.2) is 302 Å². The molecule has 0 radical (unpaired) electrons. The molecule has 20 aromatic rings. The molecule has 8 heteroatoms. The van der Waals surface area contributed by atoms with Crippen LogP contribution in [0.25, 0.3) is 188 Å². The van der Waals surface area contributed by atoms with Gasteiger partial charge in [-0.15, -0.1) is 0 Å². The third kappa shape index (κ3) is 7.57. The molecule has 0 saturated heterocycles. The van der Waals surface area contributed by atoms with Gasteiger partial charge >= 0.3 is 0 Å². The van der Waals surface area contributed by atoms with Crippen molar-refractivity contribution >= 4 is 120 Å². The van der Waals surface area contributed by atoms with E-state index >= 15 is 0 Å². The maximum atomic E-state index is 6.27. The first-order chi connectivity index (χ1) is 47.3. The molecule has 448 valence electrons. The summed E-state index contributed by atoms with van der Waals surface area (Å²) in [5.41, 5.74) is 23.1. The lowest BCUT2D eigenvalue weighted by molar-refractivity contribution is 0.661. The van der Waals surface area contributed by atoms with E-state index in [0.29, 0.717) is 17.7 Å². The Bertz CT molecular complexity index is 6750. The summed E-state index contributed by atoms with van der Waals surface area (Å²) in [6.45, 7) is 4.69. The third-order valence-corrected chi connectivity index (χ3v) is 20.8. The van der Waals surface area contributed by atoms with Gasteiger partial charge in [0.1, 0.15) is 11.2 Å². The number of rotatable bonds is 7. The van der Waals surface area contributed by atoms with Crippen molar-refractivity contribution in [1.29, 1.82) is 0 Å². The normalized spacial score (nSPS) is 13.0. The Hall–Kier alpha value is -12.7. The van der Waals surface area contributed by atoms with Gasteiger partial charge in [-0.3, -0.25) is 9.13 Å². The minimum atomic E-state index is -0.227. The molecule has 0 amide bonds. The van der Waals surface area contributed by atoms with Crippen LogP contribution in [0.3, 0.4) is 0 Å². The van der Waals surface area contributed by atoms with Gasteiger partial charge in [-0.25, -0.2) is 0 Å². The van der Waals surface area contributed by atoms with E-state index in [0.717, 1.165) is 121 Å². The van der Waals surface area contributed by atoms with Crippen LogP contribution in [-0.4, -0.2) is 33.2 Å². The lowest BCUT2D eigenvalue weighted by Crippen LogP contribution is -2.15. The van der Waals surface area contributed by atoms with Gasteiger partial charge < -0.3 is 13.6 Å². The minimum absolute atomic E-state index is 0.227. The van der Waals surface area contributed by atoms with Crippen molar-refractivity contribution in [3.63, 3.8) is 0 Å². The van der Waals surface area contributed by atoms with E-state index in [9.17, 15) is 0 Å². The van der Waals surface area contributed by atoms with Crippen molar-refractivity contribution in [2.24, 2.45) is 0 Å². The standard InChI is InChI=1S/C88H55N7O/c1-88(2)73-26-12-6-20-61(73)68-50-71-65-24-10-16-30-78(65)95(82(71)51-74(68)88)87-90-85(89-86(91-87)94-77-29-15-9-23-64(77)70-46-54(37-42-80(70)94)56-38-43-84-72(48-56)67-25-11-17-31-83(67)96-84)58-33-32-53-45-60(39-34-52(53)44-58)93-75-27-13-7-21-62(75)66-40-35-57(49-81(66)93)55-36-41-79-69(47-55)63-22-8-14-28-76(63)92(79)59-18-4-3-5-19-59/h3-51H,1-2H3. The molecule has 0 saturated carbocycles. The minimum Gasteiger partial charge on any atom is -0.456 e. The van der Waals surface area contributed by atoms with Crippen molar-refractivity contribution in [2.45, 2.75) is 19.3 Å². The zero-order valence-electron chi connectivity index (χ0n) is 52.3. The topological polar surface area (TPSA) is 71.5 Å². The molecule has 0 atom stereocenters. The summed E-state index contributed by atoms with van der Waals surface area (Å²) in [6.07, 6.45) is 0. The van der Waals surface area contributed by atoms with Crippen LogP contribution in [0.4, 0.5) is 0 Å². The number of nitrogens with zero attached hydrogens (tertiary/aromatic N) is 7. The van der Waals surface area contributed by atoms with E-state index in [1.54, 1.807) is 0 Å². The molecule has 1 aliphatic carbocycles. The van der Waals surface area contributed by atoms with Gasteiger partial charge in [-0.05, 0) is 171 Å². The van der Waals surface area contributed by atoms with Crippen LogP contribution in [-0.2, 0) is 5.41 Å². The molecule has 8 nitrogen and oxygen atoms in total. The van der Waals surface area contributed by atoms with E-state index in [-0.39, 0.29) is 5.41 Å². The average molecular weight is 1230 g/mol. The first kappa shape index (κ1) is 52.9. The Morgan fingerprint density at radius 1 is 0.260 bits per heavy atom. The predicted molar refractivity (Wildman–Crippen MR) is 396 cm³/mol. The van der Waals surface area contributed by atoms with Crippen molar-refractivity contribution in [2.75, 3.05) is 0 Å². The Kier molecular flexibility index (Phi) is 10.9. The lowest BCUT2D eigenvalue weighted by atomic mass is 9.82. The first-order valence-electron chi connectivity index (χ1n) is 32.9. The second-order valence-electron chi connectivity index (χ2n) is 26.3. The number of fused-ring (bicyclic) bond motifs is 19. The van der Waals surface area contributed by atoms with Crippen LogP contribution in [0.2, 0.25) is 0 Å². The molecule has 21 rings (SSSR count). The first-order valence-corrected chi connectivity index (χ1v) is 32.9. The molecule has 6 heterocycles. The zero-order chi connectivity index (χ0) is 63.1. The summed E-state index contributed by atoms with van der Waals surface area (Å²) in [4.78, 5) is 16.9. The molecule has 0 spiro atoms. The fourth-order valence-electron chi connectivity index (χ4n) is 16.3.